The molecular weight excluding hydrogens is 284 g/mol. The van der Waals surface area contributed by atoms with Gasteiger partial charge in [0.25, 0.3) is 0 Å². The number of ether oxygens (including phenoxy) is 2. The van der Waals surface area contributed by atoms with Crippen LogP contribution in [0.25, 0.3) is 0 Å². The molecule has 1 aromatic rings. The van der Waals surface area contributed by atoms with E-state index >= 15 is 0 Å². The fourth-order valence-corrected chi connectivity index (χ4v) is 2.06. The molecule has 1 rings (SSSR count). The molecule has 122 valence electrons. The maximum absolute atomic E-state index is 12.0. The van der Waals surface area contributed by atoms with E-state index in [9.17, 15) is 9.59 Å². The molecule has 6 nitrogen and oxygen atoms in total. The maximum Gasteiger partial charge on any atom is 0.328 e. The van der Waals surface area contributed by atoms with Crippen molar-refractivity contribution in [2.75, 3.05) is 14.2 Å². The molecular formula is C16H24N2O4. The first-order chi connectivity index (χ1) is 10.5. The Balaban J connectivity index is 2.58. The molecule has 0 aliphatic carbocycles. The number of carbonyl (C=O) groups excluding carboxylic acids is 2. The topological polar surface area (TPSA) is 76.7 Å². The van der Waals surface area contributed by atoms with Crippen molar-refractivity contribution in [1.29, 1.82) is 0 Å². The van der Waals surface area contributed by atoms with Gasteiger partial charge in [0.05, 0.1) is 14.2 Å². The van der Waals surface area contributed by atoms with E-state index in [4.69, 9.17) is 9.47 Å². The third-order valence-electron chi connectivity index (χ3n) is 3.13. The van der Waals surface area contributed by atoms with Crippen LogP contribution in [0.5, 0.6) is 5.75 Å². The summed E-state index contributed by atoms with van der Waals surface area (Å²) in [5, 5.41) is 5.36. The number of urea groups is 1. The normalized spacial score (nSPS) is 11.7. The standard InChI is InChI=1S/C16H24N2O4/c1-11(2)9-13(15(19)22-4)18-16(20)17-10-12-7-5-6-8-14(12)21-3/h5-8,11,13H,9-10H2,1-4H3,(H2,17,18,20)/t13-/m0/s1. The molecule has 1 aromatic carbocycles. The largest absolute Gasteiger partial charge is 0.496 e. The van der Waals surface area contributed by atoms with E-state index in [-0.39, 0.29) is 5.92 Å². The third kappa shape index (κ3) is 5.63. The van der Waals surface area contributed by atoms with Gasteiger partial charge in [0, 0.05) is 12.1 Å². The quantitative estimate of drug-likeness (QED) is 0.756. The van der Waals surface area contributed by atoms with Crippen LogP contribution in [-0.2, 0) is 16.1 Å². The van der Waals surface area contributed by atoms with Gasteiger partial charge in [-0.15, -0.1) is 0 Å². The number of para-hydroxylation sites is 1. The monoisotopic (exact) mass is 308 g/mol. The first kappa shape index (κ1) is 17.8. The van der Waals surface area contributed by atoms with Crippen molar-refractivity contribution in [3.8, 4) is 5.75 Å². The number of amides is 2. The van der Waals surface area contributed by atoms with E-state index in [0.717, 1.165) is 5.56 Å². The molecule has 2 amide bonds. The maximum atomic E-state index is 12.0. The molecule has 0 heterocycles. The number of hydrogen-bond donors (Lipinski definition) is 2. The lowest BCUT2D eigenvalue weighted by atomic mass is 10.0. The van der Waals surface area contributed by atoms with Crippen molar-refractivity contribution < 1.29 is 19.1 Å². The van der Waals surface area contributed by atoms with Gasteiger partial charge in [-0.05, 0) is 18.4 Å². The summed E-state index contributed by atoms with van der Waals surface area (Å²) in [5.74, 6) is 0.522. The fourth-order valence-electron chi connectivity index (χ4n) is 2.06. The highest BCUT2D eigenvalue weighted by atomic mass is 16.5. The molecule has 0 aliphatic rings. The van der Waals surface area contributed by atoms with Gasteiger partial charge in [-0.2, -0.15) is 0 Å². The van der Waals surface area contributed by atoms with Crippen LogP contribution < -0.4 is 15.4 Å². The molecule has 2 N–H and O–H groups in total. The average molecular weight is 308 g/mol. The smallest absolute Gasteiger partial charge is 0.328 e. The molecule has 0 radical (unpaired) electrons. The van der Waals surface area contributed by atoms with Gasteiger partial charge >= 0.3 is 12.0 Å². The van der Waals surface area contributed by atoms with Crippen LogP contribution in [0, 0.1) is 5.92 Å². The Kier molecular flexibility index (Phi) is 7.22. The van der Waals surface area contributed by atoms with E-state index in [1.165, 1.54) is 7.11 Å². The van der Waals surface area contributed by atoms with Gasteiger partial charge in [-0.3, -0.25) is 0 Å². The van der Waals surface area contributed by atoms with Gasteiger partial charge < -0.3 is 20.1 Å². The Morgan fingerprint density at radius 2 is 1.86 bits per heavy atom. The van der Waals surface area contributed by atoms with Crippen molar-refractivity contribution in [2.24, 2.45) is 5.92 Å². The minimum Gasteiger partial charge on any atom is -0.496 e. The average Bonchev–Trinajstić information content (AvgIpc) is 2.51. The van der Waals surface area contributed by atoms with E-state index in [1.54, 1.807) is 7.11 Å². The van der Waals surface area contributed by atoms with Crippen LogP contribution >= 0.6 is 0 Å². The molecule has 0 saturated carbocycles. The summed E-state index contributed by atoms with van der Waals surface area (Å²) in [6, 6.07) is 6.35. The van der Waals surface area contributed by atoms with Gasteiger partial charge in [-0.1, -0.05) is 32.0 Å². The zero-order valence-electron chi connectivity index (χ0n) is 13.5. The van der Waals surface area contributed by atoms with Crippen LogP contribution in [0.15, 0.2) is 24.3 Å². The van der Waals surface area contributed by atoms with Crippen molar-refractivity contribution in [1.82, 2.24) is 10.6 Å². The predicted molar refractivity (Wildman–Crippen MR) is 83.6 cm³/mol. The van der Waals surface area contributed by atoms with Crippen LogP contribution in [0.3, 0.4) is 0 Å². The minimum absolute atomic E-state index is 0.263. The SMILES string of the molecule is COC(=O)[C@H](CC(C)C)NC(=O)NCc1ccccc1OC. The van der Waals surface area contributed by atoms with E-state index < -0.39 is 18.0 Å². The molecule has 0 aliphatic heterocycles. The zero-order chi connectivity index (χ0) is 16.5. The minimum atomic E-state index is -0.650. The lowest BCUT2D eigenvalue weighted by Crippen LogP contribution is -2.46. The van der Waals surface area contributed by atoms with E-state index in [0.29, 0.717) is 18.7 Å². The van der Waals surface area contributed by atoms with Crippen molar-refractivity contribution >= 4 is 12.0 Å². The summed E-state index contributed by atoms with van der Waals surface area (Å²) in [7, 11) is 2.89. The molecule has 0 spiro atoms. The number of benzene rings is 1. The van der Waals surface area contributed by atoms with Gasteiger partial charge in [0.15, 0.2) is 0 Å². The van der Waals surface area contributed by atoms with Crippen LogP contribution in [-0.4, -0.2) is 32.3 Å². The van der Waals surface area contributed by atoms with Crippen molar-refractivity contribution in [2.45, 2.75) is 32.9 Å². The third-order valence-corrected chi connectivity index (χ3v) is 3.13. The van der Waals surface area contributed by atoms with E-state index in [1.807, 2.05) is 38.1 Å². The second kappa shape index (κ2) is 8.92. The second-order valence-electron chi connectivity index (χ2n) is 5.34. The second-order valence-corrected chi connectivity index (χ2v) is 5.34. The Labute approximate surface area is 131 Å². The Hall–Kier alpha value is -2.24. The molecule has 0 unspecified atom stereocenters. The summed E-state index contributed by atoms with van der Waals surface area (Å²) in [4.78, 5) is 23.6. The van der Waals surface area contributed by atoms with Crippen LogP contribution in [0.2, 0.25) is 0 Å². The van der Waals surface area contributed by atoms with Crippen molar-refractivity contribution in [3.63, 3.8) is 0 Å². The van der Waals surface area contributed by atoms with Crippen molar-refractivity contribution in [3.05, 3.63) is 29.8 Å². The number of carbonyl (C=O) groups is 2. The first-order valence-corrected chi connectivity index (χ1v) is 7.22. The van der Waals surface area contributed by atoms with Crippen LogP contribution in [0.4, 0.5) is 4.79 Å². The van der Waals surface area contributed by atoms with Gasteiger partial charge in [-0.25, -0.2) is 9.59 Å². The predicted octanol–water partition coefficient (Wildman–Crippen LogP) is 2.08. The van der Waals surface area contributed by atoms with E-state index in [2.05, 4.69) is 10.6 Å². The number of esters is 1. The summed E-state index contributed by atoms with van der Waals surface area (Å²) >= 11 is 0. The Morgan fingerprint density at radius 1 is 1.18 bits per heavy atom. The number of methoxy groups -OCH3 is 2. The lowest BCUT2D eigenvalue weighted by molar-refractivity contribution is -0.143. The zero-order valence-corrected chi connectivity index (χ0v) is 13.5. The Morgan fingerprint density at radius 3 is 2.45 bits per heavy atom. The van der Waals surface area contributed by atoms with Gasteiger partial charge in [0.1, 0.15) is 11.8 Å². The molecule has 6 heteroatoms. The molecule has 0 fully saturated rings. The summed E-state index contributed by atoms with van der Waals surface area (Å²) < 4.78 is 9.93. The molecule has 1 atom stereocenters. The first-order valence-electron chi connectivity index (χ1n) is 7.22. The van der Waals surface area contributed by atoms with Crippen LogP contribution in [0.1, 0.15) is 25.8 Å². The highest BCUT2D eigenvalue weighted by Gasteiger charge is 2.22. The number of hydrogen-bond acceptors (Lipinski definition) is 4. The summed E-state index contributed by atoms with van der Waals surface area (Å²) in [6.07, 6.45) is 0.523. The molecule has 0 aromatic heterocycles. The van der Waals surface area contributed by atoms with Gasteiger partial charge in [0.2, 0.25) is 0 Å². The Bertz CT molecular complexity index is 503. The number of rotatable bonds is 7. The molecule has 0 bridgehead atoms. The summed E-state index contributed by atoms with van der Waals surface area (Å²) in [6.45, 7) is 4.26. The fraction of sp³-hybridized carbons (Fsp3) is 0.500. The highest BCUT2D eigenvalue weighted by molar-refractivity contribution is 5.83. The summed E-state index contributed by atoms with van der Waals surface area (Å²) in [5.41, 5.74) is 0.860. The number of nitrogens with one attached hydrogen (secondary N) is 2. The molecule has 0 saturated heterocycles. The highest BCUT2D eigenvalue weighted by Crippen LogP contribution is 2.16. The lowest BCUT2D eigenvalue weighted by Gasteiger charge is -2.19. The molecule has 22 heavy (non-hydrogen) atoms.